The lowest BCUT2D eigenvalue weighted by Crippen LogP contribution is -2.42. The van der Waals surface area contributed by atoms with E-state index < -0.39 is 0 Å². The van der Waals surface area contributed by atoms with Gasteiger partial charge < -0.3 is 14.8 Å². The zero-order valence-corrected chi connectivity index (χ0v) is 13.0. The van der Waals surface area contributed by atoms with Crippen molar-refractivity contribution in [2.75, 3.05) is 18.9 Å². The van der Waals surface area contributed by atoms with E-state index in [1.165, 1.54) is 0 Å². The molecule has 1 aromatic heterocycles. The minimum absolute atomic E-state index is 0.0391. The molecular weight excluding hydrogens is 262 g/mol. The number of para-hydroxylation sites is 1. The van der Waals surface area contributed by atoms with Crippen molar-refractivity contribution in [3.63, 3.8) is 0 Å². The number of nitrogens with zero attached hydrogens (tertiary/aromatic N) is 2. The summed E-state index contributed by atoms with van der Waals surface area (Å²) in [5, 5.41) is 4.72. The van der Waals surface area contributed by atoms with Crippen LogP contribution in [-0.2, 0) is 7.05 Å². The molecule has 0 radical (unpaired) electrons. The third-order valence-electron chi connectivity index (χ3n) is 4.72. The number of hydrogen-bond donors (Lipinski definition) is 1. The van der Waals surface area contributed by atoms with Crippen LogP contribution in [0.2, 0.25) is 0 Å². The van der Waals surface area contributed by atoms with Gasteiger partial charge in [-0.15, -0.1) is 0 Å². The standard InChI is InChI=1S/C17H23N3O/c1-12-10-13(8-9-19(12)2)18-15-11-17(21)20(3)16-7-5-4-6-14(15)16/h4-7,11-13,18H,8-10H2,1-3H3. The van der Waals surface area contributed by atoms with E-state index in [0.29, 0.717) is 12.1 Å². The molecule has 0 spiro atoms. The monoisotopic (exact) mass is 285 g/mol. The molecule has 0 bridgehead atoms. The highest BCUT2D eigenvalue weighted by atomic mass is 16.1. The lowest BCUT2D eigenvalue weighted by Gasteiger charge is -2.36. The minimum Gasteiger partial charge on any atom is -0.381 e. The molecule has 0 aliphatic carbocycles. The first-order valence-electron chi connectivity index (χ1n) is 7.62. The Morgan fingerprint density at radius 3 is 2.76 bits per heavy atom. The molecule has 4 nitrogen and oxygen atoms in total. The van der Waals surface area contributed by atoms with E-state index in [9.17, 15) is 4.79 Å². The van der Waals surface area contributed by atoms with E-state index in [4.69, 9.17) is 0 Å². The van der Waals surface area contributed by atoms with Crippen molar-refractivity contribution in [2.24, 2.45) is 7.05 Å². The topological polar surface area (TPSA) is 37.3 Å². The normalized spacial score (nSPS) is 23.4. The van der Waals surface area contributed by atoms with Gasteiger partial charge in [0.05, 0.1) is 5.52 Å². The van der Waals surface area contributed by atoms with Gasteiger partial charge in [0.25, 0.3) is 5.56 Å². The highest BCUT2D eigenvalue weighted by Crippen LogP contribution is 2.25. The lowest BCUT2D eigenvalue weighted by molar-refractivity contribution is 0.190. The number of likely N-dealkylation sites (tertiary alicyclic amines) is 1. The van der Waals surface area contributed by atoms with Crippen molar-refractivity contribution in [3.8, 4) is 0 Å². The zero-order valence-electron chi connectivity index (χ0n) is 13.0. The summed E-state index contributed by atoms with van der Waals surface area (Å²) in [5.74, 6) is 0. The molecule has 4 heteroatoms. The number of aryl methyl sites for hydroxylation is 1. The van der Waals surface area contributed by atoms with Gasteiger partial charge in [-0.25, -0.2) is 0 Å². The Balaban J connectivity index is 1.94. The predicted octanol–water partition coefficient (Wildman–Crippen LogP) is 2.43. The van der Waals surface area contributed by atoms with Gasteiger partial charge in [0.2, 0.25) is 0 Å². The molecule has 1 aromatic carbocycles. The van der Waals surface area contributed by atoms with Crippen LogP contribution >= 0.6 is 0 Å². The van der Waals surface area contributed by atoms with Crippen LogP contribution in [0, 0.1) is 0 Å². The van der Waals surface area contributed by atoms with Crippen molar-refractivity contribution in [3.05, 3.63) is 40.7 Å². The van der Waals surface area contributed by atoms with Gasteiger partial charge in [0.15, 0.2) is 0 Å². The third-order valence-corrected chi connectivity index (χ3v) is 4.72. The summed E-state index contributed by atoms with van der Waals surface area (Å²) in [5.41, 5.74) is 1.99. The van der Waals surface area contributed by atoms with E-state index in [2.05, 4.69) is 30.3 Å². The van der Waals surface area contributed by atoms with Crippen LogP contribution < -0.4 is 10.9 Å². The zero-order chi connectivity index (χ0) is 15.0. The van der Waals surface area contributed by atoms with Gasteiger partial charge in [0, 0.05) is 42.8 Å². The molecule has 1 fully saturated rings. The van der Waals surface area contributed by atoms with Crippen LogP contribution in [0.4, 0.5) is 5.69 Å². The van der Waals surface area contributed by atoms with E-state index in [-0.39, 0.29) is 5.56 Å². The van der Waals surface area contributed by atoms with Gasteiger partial charge in [0.1, 0.15) is 0 Å². The van der Waals surface area contributed by atoms with Crippen molar-refractivity contribution in [1.82, 2.24) is 9.47 Å². The second-order valence-electron chi connectivity index (χ2n) is 6.17. The Hall–Kier alpha value is -1.81. The summed E-state index contributed by atoms with van der Waals surface area (Å²) in [7, 11) is 4.00. The largest absolute Gasteiger partial charge is 0.381 e. The molecule has 21 heavy (non-hydrogen) atoms. The van der Waals surface area contributed by atoms with Gasteiger partial charge in [-0.1, -0.05) is 18.2 Å². The Bertz CT molecular complexity index is 707. The molecule has 2 unspecified atom stereocenters. The third kappa shape index (κ3) is 2.68. The van der Waals surface area contributed by atoms with Crippen molar-refractivity contribution in [2.45, 2.75) is 31.8 Å². The molecule has 2 atom stereocenters. The summed E-state index contributed by atoms with van der Waals surface area (Å²) in [6.07, 6.45) is 2.23. The predicted molar refractivity (Wildman–Crippen MR) is 87.9 cm³/mol. The first kappa shape index (κ1) is 14.1. The average molecular weight is 285 g/mol. The van der Waals surface area contributed by atoms with Crippen LogP contribution in [0.25, 0.3) is 10.9 Å². The van der Waals surface area contributed by atoms with Crippen molar-refractivity contribution in [1.29, 1.82) is 0 Å². The van der Waals surface area contributed by atoms with E-state index in [0.717, 1.165) is 36.0 Å². The maximum atomic E-state index is 12.1. The molecule has 2 aromatic rings. The fourth-order valence-electron chi connectivity index (χ4n) is 3.17. The first-order chi connectivity index (χ1) is 10.1. The highest BCUT2D eigenvalue weighted by molar-refractivity contribution is 5.91. The summed E-state index contributed by atoms with van der Waals surface area (Å²) >= 11 is 0. The average Bonchev–Trinajstić information content (AvgIpc) is 2.48. The highest BCUT2D eigenvalue weighted by Gasteiger charge is 2.23. The maximum absolute atomic E-state index is 12.1. The molecule has 1 saturated heterocycles. The molecule has 1 N–H and O–H groups in total. The quantitative estimate of drug-likeness (QED) is 0.921. The van der Waals surface area contributed by atoms with Crippen LogP contribution in [0.3, 0.4) is 0 Å². The second kappa shape index (κ2) is 5.53. The Morgan fingerprint density at radius 2 is 2.00 bits per heavy atom. The first-order valence-corrected chi connectivity index (χ1v) is 7.62. The number of rotatable bonds is 2. The molecular formula is C17H23N3O. The Labute approximate surface area is 125 Å². The number of pyridine rings is 1. The maximum Gasteiger partial charge on any atom is 0.252 e. The lowest BCUT2D eigenvalue weighted by atomic mass is 9.98. The fraction of sp³-hybridized carbons (Fsp3) is 0.471. The molecule has 2 heterocycles. The summed E-state index contributed by atoms with van der Waals surface area (Å²) in [6, 6.07) is 10.8. The number of hydrogen-bond acceptors (Lipinski definition) is 3. The van der Waals surface area contributed by atoms with Crippen LogP contribution in [0.5, 0.6) is 0 Å². The number of nitrogens with one attached hydrogen (secondary N) is 1. The Morgan fingerprint density at radius 1 is 1.24 bits per heavy atom. The summed E-state index contributed by atoms with van der Waals surface area (Å²) in [4.78, 5) is 14.5. The minimum atomic E-state index is 0.0391. The number of aromatic nitrogens is 1. The number of anilines is 1. The summed E-state index contributed by atoms with van der Waals surface area (Å²) in [6.45, 7) is 3.36. The number of benzene rings is 1. The van der Waals surface area contributed by atoms with Gasteiger partial charge in [-0.05, 0) is 32.9 Å². The fourth-order valence-corrected chi connectivity index (χ4v) is 3.17. The van der Waals surface area contributed by atoms with Crippen LogP contribution in [0.15, 0.2) is 35.1 Å². The molecule has 3 rings (SSSR count). The molecule has 0 amide bonds. The molecule has 1 aliphatic heterocycles. The SMILES string of the molecule is CC1CC(Nc2cc(=O)n(C)c3ccccc23)CCN1C. The van der Waals surface area contributed by atoms with Gasteiger partial charge in [-0.3, -0.25) is 4.79 Å². The Kier molecular flexibility index (Phi) is 3.72. The van der Waals surface area contributed by atoms with E-state index in [1.54, 1.807) is 10.6 Å². The molecule has 1 aliphatic rings. The van der Waals surface area contributed by atoms with Gasteiger partial charge >= 0.3 is 0 Å². The van der Waals surface area contributed by atoms with Crippen molar-refractivity contribution >= 4 is 16.6 Å². The molecule has 0 saturated carbocycles. The number of fused-ring (bicyclic) bond motifs is 1. The van der Waals surface area contributed by atoms with E-state index in [1.807, 2.05) is 25.2 Å². The van der Waals surface area contributed by atoms with Gasteiger partial charge in [-0.2, -0.15) is 0 Å². The number of piperidine rings is 1. The molecule has 112 valence electrons. The van der Waals surface area contributed by atoms with Crippen LogP contribution in [0.1, 0.15) is 19.8 Å². The smallest absolute Gasteiger partial charge is 0.252 e. The second-order valence-corrected chi connectivity index (χ2v) is 6.17. The van der Waals surface area contributed by atoms with E-state index >= 15 is 0 Å². The van der Waals surface area contributed by atoms with Crippen molar-refractivity contribution < 1.29 is 0 Å². The van der Waals surface area contributed by atoms with Crippen LogP contribution in [-0.4, -0.2) is 35.1 Å². The summed E-state index contributed by atoms with van der Waals surface area (Å²) < 4.78 is 1.71.